The van der Waals surface area contributed by atoms with E-state index in [1.165, 1.54) is 17.5 Å². The van der Waals surface area contributed by atoms with Gasteiger partial charge in [0.05, 0.1) is 11.1 Å². The summed E-state index contributed by atoms with van der Waals surface area (Å²) in [6.07, 6.45) is 8.22. The predicted molar refractivity (Wildman–Crippen MR) is 185 cm³/mol. The van der Waals surface area contributed by atoms with Crippen molar-refractivity contribution in [3.8, 4) is 22.3 Å². The van der Waals surface area contributed by atoms with E-state index in [1.807, 2.05) is 0 Å². The second-order valence-corrected chi connectivity index (χ2v) is 15.5. The topological polar surface area (TPSA) is 63.7 Å². The second kappa shape index (κ2) is 9.95. The van der Waals surface area contributed by atoms with E-state index in [9.17, 15) is 9.59 Å². The smallest absolute Gasteiger partial charge is 0.262 e. The van der Waals surface area contributed by atoms with Crippen molar-refractivity contribution in [2.45, 2.75) is 63.8 Å². The number of benzene rings is 3. The highest BCUT2D eigenvalue weighted by Crippen LogP contribution is 2.52. The van der Waals surface area contributed by atoms with Crippen LogP contribution in [-0.2, 0) is 25.7 Å². The Morgan fingerprint density at radius 3 is 1.58 bits per heavy atom. The summed E-state index contributed by atoms with van der Waals surface area (Å²) < 4.78 is 16.3. The molecule has 2 amide bonds. The molecule has 2 aromatic heterocycles. The lowest BCUT2D eigenvalue weighted by Crippen LogP contribution is -2.41. The molecule has 5 aromatic rings. The van der Waals surface area contributed by atoms with Crippen LogP contribution in [0.1, 0.15) is 75.1 Å². The van der Waals surface area contributed by atoms with E-state index in [0.717, 1.165) is 123 Å². The highest BCUT2D eigenvalue weighted by Gasteiger charge is 2.46. The third kappa shape index (κ3) is 3.85. The number of fused-ring (bicyclic) bond motifs is 12. The summed E-state index contributed by atoms with van der Waals surface area (Å²) in [7, 11) is 0. The molecule has 3 aromatic carbocycles. The van der Waals surface area contributed by atoms with Crippen LogP contribution in [0.5, 0.6) is 0 Å². The first-order chi connectivity index (χ1) is 20.8. The zero-order valence-corrected chi connectivity index (χ0v) is 29.9. The zero-order valence-electron chi connectivity index (χ0n) is 23.2. The van der Waals surface area contributed by atoms with Gasteiger partial charge in [-0.15, -0.1) is 0 Å². The van der Waals surface area contributed by atoms with Crippen molar-refractivity contribution in [3.05, 3.63) is 64.8 Å². The van der Waals surface area contributed by atoms with Crippen molar-refractivity contribution in [1.29, 1.82) is 0 Å². The first kappa shape index (κ1) is 27.7. The fourth-order valence-corrected chi connectivity index (χ4v) is 9.80. The van der Waals surface area contributed by atoms with Crippen molar-refractivity contribution in [1.82, 2.24) is 4.90 Å². The van der Waals surface area contributed by atoms with Gasteiger partial charge in [-0.1, -0.05) is 19.3 Å². The molecule has 0 bridgehead atoms. The highest BCUT2D eigenvalue weighted by atomic mass is 127. The van der Waals surface area contributed by atoms with Crippen LogP contribution in [0, 0.1) is 7.14 Å². The number of furan rings is 2. The van der Waals surface area contributed by atoms with E-state index >= 15 is 0 Å². The number of hydrogen-bond acceptors (Lipinski definition) is 4. The summed E-state index contributed by atoms with van der Waals surface area (Å²) in [6, 6.07) is 8.89. The van der Waals surface area contributed by atoms with Gasteiger partial charge in [0, 0.05) is 33.2 Å². The van der Waals surface area contributed by atoms with Gasteiger partial charge in [-0.2, -0.15) is 0 Å². The molecule has 0 atom stereocenters. The molecule has 3 aliphatic carbocycles. The Bertz CT molecular complexity index is 1980. The molecule has 0 spiro atoms. The van der Waals surface area contributed by atoms with Gasteiger partial charge in [0.15, 0.2) is 0 Å². The lowest BCUT2D eigenvalue weighted by atomic mass is 9.72. The van der Waals surface area contributed by atoms with Crippen molar-refractivity contribution in [3.63, 3.8) is 0 Å². The number of halogens is 2. The molecular weight excluding hydrogens is 794 g/mol. The molecule has 1 fully saturated rings. The van der Waals surface area contributed by atoms with E-state index in [4.69, 9.17) is 8.83 Å². The predicted octanol–water partition coefficient (Wildman–Crippen LogP) is 6.44. The highest BCUT2D eigenvalue weighted by molar-refractivity contribution is 14.1. The third-order valence-corrected chi connectivity index (χ3v) is 14.3. The number of imide groups is 1. The van der Waals surface area contributed by atoms with Gasteiger partial charge in [-0.25, -0.2) is 0 Å². The molecule has 9 heteroatoms. The molecular formula is C34H23Al2I2NO4. The van der Waals surface area contributed by atoms with Crippen LogP contribution in [0.4, 0.5) is 0 Å². The zero-order chi connectivity index (χ0) is 29.3. The molecule has 0 unspecified atom stereocenters. The summed E-state index contributed by atoms with van der Waals surface area (Å²) in [5, 5.41) is 2.25. The van der Waals surface area contributed by atoms with Crippen molar-refractivity contribution in [2.75, 3.05) is 0 Å². The van der Waals surface area contributed by atoms with E-state index in [2.05, 4.69) is 102 Å². The Labute approximate surface area is 292 Å². The Morgan fingerprint density at radius 2 is 1.12 bits per heavy atom. The van der Waals surface area contributed by atoms with E-state index in [1.54, 1.807) is 4.90 Å². The number of aryl methyl sites for hydroxylation is 2. The Kier molecular flexibility index (Phi) is 6.41. The standard InChI is InChI=1S/C34H23I2NO4.2Al/c35-25-14-40-27-12-21-16(10-23(25)27)6-8-19-29(21)30-20(9-7-17-11-24-26(36)15-41-28(24)13-22(17)30)32-31(19)33(38)37(34(32)39)18-4-2-1-3-5-18;;/h10-13,18H,1-9H2;;. The van der Waals surface area contributed by atoms with Crippen molar-refractivity contribution < 1.29 is 18.4 Å². The summed E-state index contributed by atoms with van der Waals surface area (Å²) >= 11 is 10.1. The fourth-order valence-electron chi connectivity index (χ4n) is 8.18. The maximum atomic E-state index is 14.4. The number of rotatable bonds is 1. The minimum Gasteiger partial charge on any atom is -0.481 e. The number of carbonyl (C=O) groups is 2. The molecule has 4 aliphatic rings. The van der Waals surface area contributed by atoms with Crippen molar-refractivity contribution >= 4 is 121 Å². The van der Waals surface area contributed by atoms with Gasteiger partial charge in [0.2, 0.25) is 32.6 Å². The van der Waals surface area contributed by atoms with Gasteiger partial charge < -0.3 is 8.83 Å². The fraction of sp³-hybridized carbons (Fsp3) is 0.294. The molecule has 4 radical (unpaired) electrons. The molecule has 0 N–H and O–H groups in total. The normalized spacial score (nSPS) is 17.8. The number of hydrogen-bond donors (Lipinski definition) is 0. The quantitative estimate of drug-likeness (QED) is 0.111. The summed E-state index contributed by atoms with van der Waals surface area (Å²) in [4.78, 5) is 30.4. The van der Waals surface area contributed by atoms with E-state index in [-0.39, 0.29) is 17.9 Å². The number of carbonyl (C=O) groups excluding carboxylic acids is 2. The van der Waals surface area contributed by atoms with Gasteiger partial charge in [-0.05, 0) is 152 Å². The van der Waals surface area contributed by atoms with Crippen LogP contribution < -0.4 is 9.24 Å². The van der Waals surface area contributed by atoms with Crippen LogP contribution in [0.3, 0.4) is 0 Å². The largest absolute Gasteiger partial charge is 0.481 e. The minimum absolute atomic E-state index is 0.00482. The van der Waals surface area contributed by atoms with Crippen LogP contribution in [0.15, 0.2) is 33.1 Å². The molecule has 5 nitrogen and oxygen atoms in total. The van der Waals surface area contributed by atoms with E-state index in [0.29, 0.717) is 11.1 Å². The SMILES string of the molecule is O=C1c2c3c(c4c(c2C(=O)N1C1CCCCC1)CCc1cc2c(I)[c]([Al])oc2cc1-4)-c1cc2o[c]([Al])c(I)c2cc1CC3. The molecule has 3 heterocycles. The van der Waals surface area contributed by atoms with Crippen LogP contribution in [-0.4, -0.2) is 55.3 Å². The molecule has 208 valence electrons. The third-order valence-electron chi connectivity index (χ3n) is 10.1. The van der Waals surface area contributed by atoms with Crippen molar-refractivity contribution in [2.24, 2.45) is 0 Å². The van der Waals surface area contributed by atoms with Gasteiger partial charge in [0.1, 0.15) is 11.2 Å². The summed E-state index contributed by atoms with van der Waals surface area (Å²) in [6.45, 7) is 0. The molecule has 1 aliphatic heterocycles. The van der Waals surface area contributed by atoms with E-state index < -0.39 is 0 Å². The second-order valence-electron chi connectivity index (χ2n) is 12.3. The summed E-state index contributed by atoms with van der Waals surface area (Å²) in [5.41, 5.74) is 12.1. The van der Waals surface area contributed by atoms with Crippen LogP contribution in [0.2, 0.25) is 0 Å². The first-order valence-electron chi connectivity index (χ1n) is 14.9. The van der Waals surface area contributed by atoms with Gasteiger partial charge in [-0.3, -0.25) is 14.5 Å². The summed E-state index contributed by atoms with van der Waals surface area (Å²) in [5.74, 6) is -0.158. The van der Waals surface area contributed by atoms with Crippen LogP contribution >= 0.6 is 45.2 Å². The Morgan fingerprint density at radius 1 is 0.651 bits per heavy atom. The first-order valence-corrected chi connectivity index (χ1v) is 18.2. The molecule has 1 saturated carbocycles. The average Bonchev–Trinajstić information content (AvgIpc) is 3.56. The molecule has 0 saturated heterocycles. The Balaban J connectivity index is 1.37. The molecule has 43 heavy (non-hydrogen) atoms. The molecule has 9 rings (SSSR count). The van der Waals surface area contributed by atoms with Gasteiger partial charge >= 0.3 is 0 Å². The van der Waals surface area contributed by atoms with Crippen LogP contribution in [0.25, 0.3) is 44.2 Å². The monoisotopic (exact) mass is 817 g/mol. The number of nitrogens with zero attached hydrogens (tertiary/aromatic N) is 1. The minimum atomic E-state index is -0.0789. The maximum Gasteiger partial charge on any atom is 0.262 e. The maximum absolute atomic E-state index is 14.4. The number of amides is 2. The lowest BCUT2D eigenvalue weighted by molar-refractivity contribution is 0.0548. The Hall–Kier alpha value is -1.60. The van der Waals surface area contributed by atoms with Gasteiger partial charge in [0.25, 0.3) is 11.8 Å². The lowest BCUT2D eigenvalue weighted by Gasteiger charge is -2.30. The average molecular weight is 817 g/mol.